The van der Waals surface area contributed by atoms with Gasteiger partial charge in [0.05, 0.1) is 12.6 Å². The first-order valence-electron chi connectivity index (χ1n) is 9.37. The Labute approximate surface area is 177 Å². The van der Waals surface area contributed by atoms with E-state index in [4.69, 9.17) is 4.74 Å². The van der Waals surface area contributed by atoms with Gasteiger partial charge < -0.3 is 10.1 Å². The predicted octanol–water partition coefficient (Wildman–Crippen LogP) is 3.30. The molecular formula is C23H24N2O4S. The molecule has 0 aromatic heterocycles. The van der Waals surface area contributed by atoms with E-state index in [0.717, 1.165) is 11.1 Å². The molecule has 0 bridgehead atoms. The molecule has 3 aromatic carbocycles. The third-order valence-corrected chi connectivity index (χ3v) is 6.49. The smallest absolute Gasteiger partial charge is 0.252 e. The number of carbonyl (C=O) groups is 1. The van der Waals surface area contributed by atoms with Crippen LogP contribution in [0.1, 0.15) is 28.4 Å². The molecule has 0 radical (unpaired) electrons. The van der Waals surface area contributed by atoms with Crippen molar-refractivity contribution in [2.45, 2.75) is 17.4 Å². The van der Waals surface area contributed by atoms with Crippen LogP contribution in [-0.2, 0) is 15.6 Å². The van der Waals surface area contributed by atoms with Crippen LogP contribution in [0.4, 0.5) is 0 Å². The Balaban J connectivity index is 2.05. The monoisotopic (exact) mass is 424 g/mol. The van der Waals surface area contributed by atoms with E-state index >= 15 is 0 Å². The molecule has 30 heavy (non-hydrogen) atoms. The van der Waals surface area contributed by atoms with Gasteiger partial charge in [-0.3, -0.25) is 4.79 Å². The summed E-state index contributed by atoms with van der Waals surface area (Å²) in [6.07, 6.45) is 0. The van der Waals surface area contributed by atoms with Gasteiger partial charge in [0.25, 0.3) is 5.91 Å². The number of benzene rings is 3. The third kappa shape index (κ3) is 4.22. The Hall–Kier alpha value is -3.16. The van der Waals surface area contributed by atoms with E-state index in [1.807, 2.05) is 67.6 Å². The average molecular weight is 425 g/mol. The lowest BCUT2D eigenvalue weighted by Crippen LogP contribution is -2.44. The van der Waals surface area contributed by atoms with Crippen LogP contribution in [0.15, 0.2) is 83.8 Å². The number of methoxy groups -OCH3 is 1. The lowest BCUT2D eigenvalue weighted by atomic mass is 9.84. The van der Waals surface area contributed by atoms with E-state index in [0.29, 0.717) is 0 Å². The minimum absolute atomic E-state index is 0.0960. The molecule has 0 saturated heterocycles. The first-order valence-corrected chi connectivity index (χ1v) is 10.9. The van der Waals surface area contributed by atoms with E-state index in [9.17, 15) is 13.2 Å². The fourth-order valence-corrected chi connectivity index (χ4v) is 4.21. The van der Waals surface area contributed by atoms with Crippen LogP contribution in [0.3, 0.4) is 0 Å². The van der Waals surface area contributed by atoms with Gasteiger partial charge in [-0.15, -0.1) is 0 Å². The quantitative estimate of drug-likeness (QED) is 0.610. The topological polar surface area (TPSA) is 84.5 Å². The van der Waals surface area contributed by atoms with E-state index in [2.05, 4.69) is 10.0 Å². The molecule has 0 aliphatic heterocycles. The van der Waals surface area contributed by atoms with Gasteiger partial charge >= 0.3 is 0 Å². The maximum absolute atomic E-state index is 13.2. The molecule has 0 unspecified atom stereocenters. The molecule has 0 heterocycles. The van der Waals surface area contributed by atoms with Crippen LogP contribution >= 0.6 is 0 Å². The zero-order valence-corrected chi connectivity index (χ0v) is 17.9. The number of hydrogen-bond acceptors (Lipinski definition) is 4. The summed E-state index contributed by atoms with van der Waals surface area (Å²) in [6, 6.07) is 23.6. The van der Waals surface area contributed by atoms with Crippen molar-refractivity contribution in [3.05, 3.63) is 95.6 Å². The summed E-state index contributed by atoms with van der Waals surface area (Å²) < 4.78 is 32.1. The fourth-order valence-electron chi connectivity index (χ4n) is 3.29. The predicted molar refractivity (Wildman–Crippen MR) is 116 cm³/mol. The van der Waals surface area contributed by atoms with Gasteiger partial charge in [-0.25, -0.2) is 13.1 Å². The molecule has 156 valence electrons. The lowest BCUT2D eigenvalue weighted by Gasteiger charge is -2.32. The normalized spacial score (nSPS) is 11.7. The second kappa shape index (κ2) is 8.69. The van der Waals surface area contributed by atoms with Gasteiger partial charge in [-0.2, -0.15) is 0 Å². The van der Waals surface area contributed by atoms with Crippen molar-refractivity contribution in [2.24, 2.45) is 0 Å². The van der Waals surface area contributed by atoms with Gasteiger partial charge in [-0.1, -0.05) is 60.7 Å². The molecule has 0 aliphatic rings. The molecule has 6 nitrogen and oxygen atoms in total. The maximum Gasteiger partial charge on any atom is 0.252 e. The van der Waals surface area contributed by atoms with Gasteiger partial charge in [0.15, 0.2) is 0 Å². The highest BCUT2D eigenvalue weighted by Crippen LogP contribution is 2.30. The molecule has 3 aromatic rings. The van der Waals surface area contributed by atoms with Gasteiger partial charge in [0.1, 0.15) is 10.6 Å². The third-order valence-electron chi connectivity index (χ3n) is 5.05. The molecule has 2 N–H and O–H groups in total. The summed E-state index contributed by atoms with van der Waals surface area (Å²) in [4.78, 5) is 13.1. The zero-order chi connectivity index (χ0) is 21.8. The van der Waals surface area contributed by atoms with Crippen LogP contribution in [0, 0.1) is 0 Å². The van der Waals surface area contributed by atoms with Crippen molar-refractivity contribution in [1.29, 1.82) is 0 Å². The van der Waals surface area contributed by atoms with Gasteiger partial charge in [-0.05, 0) is 43.3 Å². The van der Waals surface area contributed by atoms with Crippen LogP contribution < -0.4 is 14.8 Å². The number of nitrogens with one attached hydrogen (secondary N) is 2. The number of sulfonamides is 1. The molecule has 0 spiro atoms. The van der Waals surface area contributed by atoms with Crippen molar-refractivity contribution in [3.8, 4) is 5.75 Å². The maximum atomic E-state index is 13.2. The average Bonchev–Trinajstić information content (AvgIpc) is 2.79. The summed E-state index contributed by atoms with van der Waals surface area (Å²) in [5.41, 5.74) is 1.20. The van der Waals surface area contributed by atoms with Crippen molar-refractivity contribution >= 4 is 15.9 Å². The molecule has 0 atom stereocenters. The first-order chi connectivity index (χ1) is 14.3. The zero-order valence-electron chi connectivity index (χ0n) is 17.0. The van der Waals surface area contributed by atoms with E-state index in [1.165, 1.54) is 26.3 Å². The van der Waals surface area contributed by atoms with Crippen molar-refractivity contribution in [3.63, 3.8) is 0 Å². The Morgan fingerprint density at radius 1 is 0.900 bits per heavy atom. The summed E-state index contributed by atoms with van der Waals surface area (Å²) in [5.74, 6) is -0.241. The summed E-state index contributed by atoms with van der Waals surface area (Å²) >= 11 is 0. The summed E-state index contributed by atoms with van der Waals surface area (Å²) in [7, 11) is -1.11. The van der Waals surface area contributed by atoms with E-state index in [1.54, 1.807) is 6.07 Å². The highest BCUT2D eigenvalue weighted by atomic mass is 32.2. The molecule has 1 amide bonds. The minimum atomic E-state index is -3.80. The second-order valence-corrected chi connectivity index (χ2v) is 8.74. The number of rotatable bonds is 7. The molecule has 3 rings (SSSR count). The largest absolute Gasteiger partial charge is 0.495 e. The van der Waals surface area contributed by atoms with Gasteiger partial charge in [0, 0.05) is 5.56 Å². The van der Waals surface area contributed by atoms with E-state index in [-0.39, 0.29) is 16.2 Å². The van der Waals surface area contributed by atoms with Crippen molar-refractivity contribution in [1.82, 2.24) is 10.0 Å². The molecule has 0 saturated carbocycles. The SMILES string of the molecule is CNS(=O)(=O)c1cc(C(=O)NC(C)(c2ccccc2)c2ccccc2)ccc1OC. The Bertz CT molecular complexity index is 1090. The van der Waals surface area contributed by atoms with E-state index < -0.39 is 21.5 Å². The standard InChI is InChI=1S/C23H24N2O4S/c1-23(18-10-6-4-7-11-18,19-12-8-5-9-13-19)25-22(26)17-14-15-20(29-3)21(16-17)30(27,28)24-2/h4-16,24H,1-3H3,(H,25,26). The van der Waals surface area contributed by atoms with Crippen molar-refractivity contribution in [2.75, 3.05) is 14.2 Å². The minimum Gasteiger partial charge on any atom is -0.495 e. The molecule has 0 aliphatic carbocycles. The fraction of sp³-hybridized carbons (Fsp3) is 0.174. The molecule has 0 fully saturated rings. The van der Waals surface area contributed by atoms with Gasteiger partial charge in [0.2, 0.25) is 10.0 Å². The Morgan fingerprint density at radius 2 is 1.43 bits per heavy atom. The summed E-state index contributed by atoms with van der Waals surface area (Å²) in [6.45, 7) is 1.92. The summed E-state index contributed by atoms with van der Waals surface area (Å²) in [5, 5.41) is 3.08. The molecular weight excluding hydrogens is 400 g/mol. The highest BCUT2D eigenvalue weighted by Gasteiger charge is 2.31. The Kier molecular flexibility index (Phi) is 6.24. The van der Waals surface area contributed by atoms with Crippen LogP contribution in [0.25, 0.3) is 0 Å². The second-order valence-electron chi connectivity index (χ2n) is 6.88. The van der Waals surface area contributed by atoms with Crippen LogP contribution in [0.2, 0.25) is 0 Å². The number of amides is 1. The number of ether oxygens (including phenoxy) is 1. The molecule has 7 heteroatoms. The highest BCUT2D eigenvalue weighted by molar-refractivity contribution is 7.89. The van der Waals surface area contributed by atoms with Crippen molar-refractivity contribution < 1.29 is 17.9 Å². The van der Waals surface area contributed by atoms with Crippen LogP contribution in [0.5, 0.6) is 5.75 Å². The Morgan fingerprint density at radius 3 is 1.90 bits per heavy atom. The van der Waals surface area contributed by atoms with Crippen LogP contribution in [-0.4, -0.2) is 28.5 Å². The lowest BCUT2D eigenvalue weighted by molar-refractivity contribution is 0.0918. The first kappa shape index (κ1) is 21.5. The number of hydrogen-bond donors (Lipinski definition) is 2. The number of carbonyl (C=O) groups excluding carboxylic acids is 1.